The molecule has 4 aliphatic carbocycles. The summed E-state index contributed by atoms with van der Waals surface area (Å²) in [7, 11) is 0. The van der Waals surface area contributed by atoms with Crippen molar-refractivity contribution in [2.75, 3.05) is 6.61 Å². The molecule has 1 N–H and O–H groups in total. The average molecular weight is 403 g/mol. The van der Waals surface area contributed by atoms with Crippen LogP contribution in [-0.4, -0.2) is 29.1 Å². The standard InChI is InChI=1S/C25H38O4/c1-4-22(27)29-15-5-11-25(28)14-10-21-19-7-6-17-16-18(26)8-12-23(17,2)20(19)9-13-24(21,25)3/h16,19-21,28H,4-15H2,1-3H3/t19-,20-,21+,23+,24+,25?/m1/s1. The van der Waals surface area contributed by atoms with Crippen LogP contribution in [0.15, 0.2) is 11.6 Å². The highest BCUT2D eigenvalue weighted by atomic mass is 16.5. The van der Waals surface area contributed by atoms with E-state index in [1.807, 2.05) is 13.0 Å². The van der Waals surface area contributed by atoms with Gasteiger partial charge in [0.2, 0.25) is 0 Å². The van der Waals surface area contributed by atoms with Gasteiger partial charge in [-0.05, 0) is 92.4 Å². The lowest BCUT2D eigenvalue weighted by Crippen LogP contribution is -2.54. The van der Waals surface area contributed by atoms with Gasteiger partial charge in [0.25, 0.3) is 0 Å². The minimum absolute atomic E-state index is 0.0367. The zero-order chi connectivity index (χ0) is 20.9. The van der Waals surface area contributed by atoms with Gasteiger partial charge in [-0.3, -0.25) is 9.59 Å². The van der Waals surface area contributed by atoms with Gasteiger partial charge in [-0.2, -0.15) is 0 Å². The number of hydrogen-bond donors (Lipinski definition) is 1. The molecule has 4 nitrogen and oxygen atoms in total. The molecule has 0 bridgehead atoms. The summed E-state index contributed by atoms with van der Waals surface area (Å²) in [6.07, 6.45) is 12.0. The first-order chi connectivity index (χ1) is 13.7. The second-order valence-corrected chi connectivity index (χ2v) is 10.7. The molecule has 0 spiro atoms. The Kier molecular flexibility index (Phi) is 5.46. The van der Waals surface area contributed by atoms with E-state index in [0.29, 0.717) is 43.0 Å². The Hall–Kier alpha value is -1.16. The monoisotopic (exact) mass is 402 g/mol. The summed E-state index contributed by atoms with van der Waals surface area (Å²) in [4.78, 5) is 23.4. The van der Waals surface area contributed by atoms with Gasteiger partial charge in [0.1, 0.15) is 0 Å². The number of carbonyl (C=O) groups is 2. The van der Waals surface area contributed by atoms with E-state index in [4.69, 9.17) is 4.74 Å². The average Bonchev–Trinajstić information content (AvgIpc) is 2.97. The van der Waals surface area contributed by atoms with Crippen LogP contribution in [0.25, 0.3) is 0 Å². The van der Waals surface area contributed by atoms with Crippen LogP contribution in [0.5, 0.6) is 0 Å². The van der Waals surface area contributed by atoms with E-state index in [1.54, 1.807) is 0 Å². The third-order valence-corrected chi connectivity index (χ3v) is 9.57. The van der Waals surface area contributed by atoms with Gasteiger partial charge in [-0.1, -0.05) is 26.3 Å². The summed E-state index contributed by atoms with van der Waals surface area (Å²) < 4.78 is 5.25. The van der Waals surface area contributed by atoms with Crippen LogP contribution in [0.4, 0.5) is 0 Å². The van der Waals surface area contributed by atoms with Crippen molar-refractivity contribution < 1.29 is 19.4 Å². The van der Waals surface area contributed by atoms with Gasteiger partial charge in [-0.25, -0.2) is 0 Å². The highest BCUT2D eigenvalue weighted by Gasteiger charge is 2.63. The molecule has 29 heavy (non-hydrogen) atoms. The molecule has 4 rings (SSSR count). The Labute approximate surface area is 175 Å². The van der Waals surface area contributed by atoms with Crippen molar-refractivity contribution in [1.82, 2.24) is 0 Å². The summed E-state index contributed by atoms with van der Waals surface area (Å²) >= 11 is 0. The van der Waals surface area contributed by atoms with Gasteiger partial charge in [-0.15, -0.1) is 0 Å². The quantitative estimate of drug-likeness (QED) is 0.520. The molecule has 6 atom stereocenters. The molecule has 0 aromatic rings. The third kappa shape index (κ3) is 3.30. The van der Waals surface area contributed by atoms with Crippen molar-refractivity contribution in [2.24, 2.45) is 28.6 Å². The molecule has 1 unspecified atom stereocenters. The molecular weight excluding hydrogens is 364 g/mol. The van der Waals surface area contributed by atoms with Crippen molar-refractivity contribution in [3.05, 3.63) is 11.6 Å². The summed E-state index contributed by atoms with van der Waals surface area (Å²) in [5, 5.41) is 11.7. The molecule has 0 amide bonds. The van der Waals surface area contributed by atoms with Crippen molar-refractivity contribution in [3.63, 3.8) is 0 Å². The highest BCUT2D eigenvalue weighted by Crippen LogP contribution is 2.68. The van der Waals surface area contributed by atoms with Crippen molar-refractivity contribution in [3.8, 4) is 0 Å². The van der Waals surface area contributed by atoms with Gasteiger partial charge in [0, 0.05) is 12.8 Å². The Balaban J connectivity index is 1.48. The first-order valence-corrected chi connectivity index (χ1v) is 11.9. The van der Waals surface area contributed by atoms with E-state index in [0.717, 1.165) is 51.4 Å². The van der Waals surface area contributed by atoms with Crippen LogP contribution >= 0.6 is 0 Å². The number of ketones is 1. The molecule has 4 aliphatic rings. The lowest BCUT2D eigenvalue weighted by Gasteiger charge is -2.59. The Bertz CT molecular complexity index is 712. The lowest BCUT2D eigenvalue weighted by atomic mass is 9.46. The summed E-state index contributed by atoms with van der Waals surface area (Å²) in [5.41, 5.74) is 0.920. The minimum atomic E-state index is -0.638. The highest BCUT2D eigenvalue weighted by molar-refractivity contribution is 5.91. The zero-order valence-electron chi connectivity index (χ0n) is 18.5. The summed E-state index contributed by atoms with van der Waals surface area (Å²) in [5.74, 6) is 2.05. The number of hydrogen-bond acceptors (Lipinski definition) is 4. The van der Waals surface area contributed by atoms with Gasteiger partial charge in [0.05, 0.1) is 12.2 Å². The first-order valence-electron chi connectivity index (χ1n) is 11.9. The second kappa shape index (κ2) is 7.51. The molecule has 0 aliphatic heterocycles. The van der Waals surface area contributed by atoms with Crippen LogP contribution in [0.2, 0.25) is 0 Å². The topological polar surface area (TPSA) is 63.6 Å². The normalized spacial score (nSPS) is 43.8. The second-order valence-electron chi connectivity index (χ2n) is 10.7. The Morgan fingerprint density at radius 1 is 1.14 bits per heavy atom. The van der Waals surface area contributed by atoms with Crippen molar-refractivity contribution in [2.45, 2.75) is 97.0 Å². The van der Waals surface area contributed by atoms with Crippen molar-refractivity contribution in [1.29, 1.82) is 0 Å². The van der Waals surface area contributed by atoms with Crippen LogP contribution in [-0.2, 0) is 14.3 Å². The van der Waals surface area contributed by atoms with Crippen LogP contribution in [0.3, 0.4) is 0 Å². The van der Waals surface area contributed by atoms with Gasteiger partial charge >= 0.3 is 5.97 Å². The molecule has 162 valence electrons. The molecule has 0 heterocycles. The van der Waals surface area contributed by atoms with Crippen LogP contribution < -0.4 is 0 Å². The number of esters is 1. The number of aliphatic hydroxyl groups is 1. The van der Waals surface area contributed by atoms with E-state index in [-0.39, 0.29) is 16.8 Å². The molecule has 0 saturated heterocycles. The number of carbonyl (C=O) groups excluding carboxylic acids is 2. The summed E-state index contributed by atoms with van der Waals surface area (Å²) in [6.45, 7) is 6.97. The fourth-order valence-electron chi connectivity index (χ4n) is 7.73. The molecule has 0 aromatic carbocycles. The molecular formula is C25H38O4. The number of fused-ring (bicyclic) bond motifs is 5. The number of allylic oxidation sites excluding steroid dienone is 1. The summed E-state index contributed by atoms with van der Waals surface area (Å²) in [6, 6.07) is 0. The van der Waals surface area contributed by atoms with Crippen LogP contribution in [0, 0.1) is 28.6 Å². The Morgan fingerprint density at radius 3 is 2.66 bits per heavy atom. The maximum atomic E-state index is 12.0. The van der Waals surface area contributed by atoms with Crippen LogP contribution in [0.1, 0.15) is 91.4 Å². The van der Waals surface area contributed by atoms with E-state index in [9.17, 15) is 14.7 Å². The van der Waals surface area contributed by atoms with E-state index >= 15 is 0 Å². The molecule has 0 radical (unpaired) electrons. The maximum Gasteiger partial charge on any atom is 0.305 e. The zero-order valence-corrected chi connectivity index (χ0v) is 18.5. The lowest BCUT2D eigenvalue weighted by molar-refractivity contribution is -0.146. The number of rotatable bonds is 5. The molecule has 4 heteroatoms. The third-order valence-electron chi connectivity index (χ3n) is 9.57. The first kappa shape index (κ1) is 21.1. The SMILES string of the molecule is CCC(=O)OCCCC1(O)CC[C@H]2[C@@H]3CCC4=CC(=O)CC[C@]4(C)[C@@H]3CC[C@@]21C. The molecule has 0 aromatic heterocycles. The number of ether oxygens (including phenoxy) is 1. The smallest absolute Gasteiger partial charge is 0.305 e. The maximum absolute atomic E-state index is 12.0. The van der Waals surface area contributed by atoms with E-state index in [2.05, 4.69) is 13.8 Å². The molecule has 3 fully saturated rings. The molecule has 3 saturated carbocycles. The minimum Gasteiger partial charge on any atom is -0.466 e. The van der Waals surface area contributed by atoms with E-state index < -0.39 is 5.60 Å². The predicted octanol–water partition coefficient (Wildman–Crippen LogP) is 4.98. The van der Waals surface area contributed by atoms with Crippen molar-refractivity contribution >= 4 is 11.8 Å². The fraction of sp³-hybridized carbons (Fsp3) is 0.840. The van der Waals surface area contributed by atoms with E-state index in [1.165, 1.54) is 12.0 Å². The van der Waals surface area contributed by atoms with Gasteiger partial charge < -0.3 is 9.84 Å². The predicted molar refractivity (Wildman–Crippen MR) is 112 cm³/mol. The fourth-order valence-corrected chi connectivity index (χ4v) is 7.73. The Morgan fingerprint density at radius 2 is 1.90 bits per heavy atom. The largest absolute Gasteiger partial charge is 0.466 e. The van der Waals surface area contributed by atoms with Gasteiger partial charge in [0.15, 0.2) is 5.78 Å².